The SMILES string of the molecule is O=C(CSc1nnc(-c2ccccc2)n1-c1ccc(Cl)cc1)N/N=C/c1ccc(C(F)(F)F)cc1. The third kappa shape index (κ3) is 6.28. The fourth-order valence-corrected chi connectivity index (χ4v) is 3.93. The van der Waals surface area contributed by atoms with Gasteiger partial charge in [0.05, 0.1) is 17.5 Å². The molecule has 1 amide bonds. The van der Waals surface area contributed by atoms with Crippen LogP contribution >= 0.6 is 23.4 Å². The summed E-state index contributed by atoms with van der Waals surface area (Å²) in [5.74, 6) is 0.187. The number of aromatic nitrogens is 3. The number of hydrazone groups is 1. The van der Waals surface area contributed by atoms with E-state index in [0.717, 1.165) is 23.4 Å². The van der Waals surface area contributed by atoms with Crippen molar-refractivity contribution in [2.24, 2.45) is 5.10 Å². The highest BCUT2D eigenvalue weighted by Crippen LogP contribution is 2.29. The summed E-state index contributed by atoms with van der Waals surface area (Å²) in [4.78, 5) is 12.3. The number of carbonyl (C=O) groups is 1. The molecular weight excluding hydrogens is 499 g/mol. The van der Waals surface area contributed by atoms with Gasteiger partial charge >= 0.3 is 6.18 Å². The van der Waals surface area contributed by atoms with E-state index in [2.05, 4.69) is 20.7 Å². The fraction of sp³-hybridized carbons (Fsp3) is 0.0833. The lowest BCUT2D eigenvalue weighted by molar-refractivity contribution is -0.137. The number of thioether (sulfide) groups is 1. The van der Waals surface area contributed by atoms with Gasteiger partial charge in [-0.25, -0.2) is 5.43 Å². The van der Waals surface area contributed by atoms with Gasteiger partial charge in [-0.2, -0.15) is 18.3 Å². The van der Waals surface area contributed by atoms with Crippen LogP contribution in [0.4, 0.5) is 13.2 Å². The predicted molar refractivity (Wildman–Crippen MR) is 130 cm³/mol. The van der Waals surface area contributed by atoms with Gasteiger partial charge in [-0.05, 0) is 42.0 Å². The Morgan fingerprint density at radius 2 is 1.69 bits per heavy atom. The Labute approximate surface area is 207 Å². The van der Waals surface area contributed by atoms with E-state index in [4.69, 9.17) is 11.6 Å². The molecule has 0 spiro atoms. The van der Waals surface area contributed by atoms with Crippen LogP contribution in [0.5, 0.6) is 0 Å². The Morgan fingerprint density at radius 3 is 2.34 bits per heavy atom. The molecule has 0 fully saturated rings. The van der Waals surface area contributed by atoms with E-state index < -0.39 is 17.6 Å². The van der Waals surface area contributed by atoms with Gasteiger partial charge < -0.3 is 0 Å². The van der Waals surface area contributed by atoms with Crippen molar-refractivity contribution < 1.29 is 18.0 Å². The molecule has 11 heteroatoms. The topological polar surface area (TPSA) is 72.2 Å². The van der Waals surface area contributed by atoms with Crippen LogP contribution in [0.3, 0.4) is 0 Å². The van der Waals surface area contributed by atoms with E-state index in [9.17, 15) is 18.0 Å². The fourth-order valence-electron chi connectivity index (χ4n) is 3.06. The first kappa shape index (κ1) is 24.5. The summed E-state index contributed by atoms with van der Waals surface area (Å²) in [6.45, 7) is 0. The van der Waals surface area contributed by atoms with Crippen LogP contribution in [-0.2, 0) is 11.0 Å². The highest BCUT2D eigenvalue weighted by molar-refractivity contribution is 7.99. The van der Waals surface area contributed by atoms with E-state index in [1.165, 1.54) is 30.1 Å². The molecule has 0 saturated carbocycles. The molecule has 178 valence electrons. The summed E-state index contributed by atoms with van der Waals surface area (Å²) in [7, 11) is 0. The number of hydrogen-bond donors (Lipinski definition) is 1. The van der Waals surface area contributed by atoms with Gasteiger partial charge in [-0.1, -0.05) is 65.8 Å². The van der Waals surface area contributed by atoms with Crippen LogP contribution in [0.25, 0.3) is 17.1 Å². The molecule has 0 saturated heterocycles. The predicted octanol–water partition coefficient (Wildman–Crippen LogP) is 5.85. The third-order valence-corrected chi connectivity index (χ3v) is 5.90. The maximum Gasteiger partial charge on any atom is 0.416 e. The first-order valence-electron chi connectivity index (χ1n) is 10.2. The number of amides is 1. The lowest BCUT2D eigenvalue weighted by Gasteiger charge is -2.10. The van der Waals surface area contributed by atoms with E-state index in [1.807, 2.05) is 47.0 Å². The molecule has 3 aromatic carbocycles. The minimum atomic E-state index is -4.41. The van der Waals surface area contributed by atoms with Crippen LogP contribution in [0.1, 0.15) is 11.1 Å². The molecule has 1 aromatic heterocycles. The number of nitrogens with one attached hydrogen (secondary N) is 1. The summed E-state index contributed by atoms with van der Waals surface area (Å²) in [5.41, 5.74) is 3.66. The second-order valence-electron chi connectivity index (χ2n) is 7.19. The van der Waals surface area contributed by atoms with E-state index >= 15 is 0 Å². The molecule has 0 aliphatic rings. The summed E-state index contributed by atoms with van der Waals surface area (Å²) < 4.78 is 39.8. The molecular formula is C24H17ClF3N5OS. The number of hydrogen-bond acceptors (Lipinski definition) is 5. The van der Waals surface area contributed by atoms with E-state index in [1.54, 1.807) is 12.1 Å². The second kappa shape index (κ2) is 10.7. The molecule has 1 heterocycles. The summed E-state index contributed by atoms with van der Waals surface area (Å²) in [6, 6.07) is 21.1. The summed E-state index contributed by atoms with van der Waals surface area (Å²) in [5, 5.41) is 13.5. The summed E-state index contributed by atoms with van der Waals surface area (Å²) >= 11 is 7.20. The number of carbonyl (C=O) groups excluding carboxylic acids is 1. The van der Waals surface area contributed by atoms with Crippen LogP contribution in [-0.4, -0.2) is 32.6 Å². The van der Waals surface area contributed by atoms with E-state index in [0.29, 0.717) is 21.6 Å². The normalized spacial score (nSPS) is 11.7. The molecule has 4 rings (SSSR count). The van der Waals surface area contributed by atoms with Crippen LogP contribution in [0, 0.1) is 0 Å². The Balaban J connectivity index is 1.44. The Morgan fingerprint density at radius 1 is 1.00 bits per heavy atom. The van der Waals surface area contributed by atoms with Gasteiger partial charge in [0.2, 0.25) is 0 Å². The van der Waals surface area contributed by atoms with Gasteiger partial charge in [0.25, 0.3) is 5.91 Å². The van der Waals surface area contributed by atoms with E-state index in [-0.39, 0.29) is 5.75 Å². The van der Waals surface area contributed by atoms with Crippen LogP contribution < -0.4 is 5.43 Å². The van der Waals surface area contributed by atoms with Crippen molar-refractivity contribution in [2.75, 3.05) is 5.75 Å². The number of alkyl halides is 3. The quantitative estimate of drug-likeness (QED) is 0.190. The standard InChI is InChI=1S/C24H17ClF3N5OS/c25-19-10-12-20(13-11-19)33-22(17-4-2-1-3-5-17)31-32-23(33)35-15-21(34)30-29-14-16-6-8-18(9-7-16)24(26,27)28/h1-14H,15H2,(H,30,34)/b29-14+. The average Bonchev–Trinajstić information content (AvgIpc) is 3.27. The van der Waals surface area contributed by atoms with Crippen molar-refractivity contribution in [3.8, 4) is 17.1 Å². The average molecular weight is 516 g/mol. The number of nitrogens with zero attached hydrogens (tertiary/aromatic N) is 4. The van der Waals surface area contributed by atoms with Crippen molar-refractivity contribution in [1.82, 2.24) is 20.2 Å². The molecule has 0 aliphatic carbocycles. The van der Waals surface area contributed by atoms with Gasteiger partial charge in [0.1, 0.15) is 0 Å². The minimum Gasteiger partial charge on any atom is -0.272 e. The molecule has 0 unspecified atom stereocenters. The smallest absolute Gasteiger partial charge is 0.272 e. The molecule has 0 bridgehead atoms. The van der Waals surface area contributed by atoms with Gasteiger partial charge in [-0.15, -0.1) is 10.2 Å². The van der Waals surface area contributed by atoms with Crippen molar-refractivity contribution in [2.45, 2.75) is 11.3 Å². The Hall–Kier alpha value is -3.63. The van der Waals surface area contributed by atoms with Crippen molar-refractivity contribution in [3.63, 3.8) is 0 Å². The summed E-state index contributed by atoms with van der Waals surface area (Å²) in [6.07, 6.45) is -3.14. The zero-order valence-corrected chi connectivity index (χ0v) is 19.5. The lowest BCUT2D eigenvalue weighted by atomic mass is 10.1. The molecule has 35 heavy (non-hydrogen) atoms. The van der Waals surface area contributed by atoms with Gasteiger partial charge in [0, 0.05) is 16.3 Å². The Kier molecular flexibility index (Phi) is 7.52. The van der Waals surface area contributed by atoms with Crippen LogP contribution in [0.2, 0.25) is 5.02 Å². The Bertz CT molecular complexity index is 1320. The molecule has 0 radical (unpaired) electrons. The number of rotatable bonds is 7. The van der Waals surface area contributed by atoms with Gasteiger partial charge in [-0.3, -0.25) is 9.36 Å². The first-order valence-corrected chi connectivity index (χ1v) is 11.6. The van der Waals surface area contributed by atoms with Crippen molar-refractivity contribution >= 4 is 35.5 Å². The van der Waals surface area contributed by atoms with Crippen molar-refractivity contribution in [1.29, 1.82) is 0 Å². The highest BCUT2D eigenvalue weighted by atomic mass is 35.5. The van der Waals surface area contributed by atoms with Crippen molar-refractivity contribution in [3.05, 3.63) is 95.0 Å². The minimum absolute atomic E-state index is 0.00906. The zero-order valence-electron chi connectivity index (χ0n) is 17.9. The molecule has 0 atom stereocenters. The second-order valence-corrected chi connectivity index (χ2v) is 8.56. The molecule has 0 aliphatic heterocycles. The largest absolute Gasteiger partial charge is 0.416 e. The number of benzene rings is 3. The van der Waals surface area contributed by atoms with Gasteiger partial charge in [0.15, 0.2) is 11.0 Å². The monoisotopic (exact) mass is 515 g/mol. The molecule has 6 nitrogen and oxygen atoms in total. The highest BCUT2D eigenvalue weighted by Gasteiger charge is 2.29. The maximum absolute atomic E-state index is 12.6. The maximum atomic E-state index is 12.6. The molecule has 4 aromatic rings. The zero-order chi connectivity index (χ0) is 24.8. The third-order valence-electron chi connectivity index (χ3n) is 4.72. The van der Waals surface area contributed by atoms with Crippen LogP contribution in [0.15, 0.2) is 89.1 Å². The first-order chi connectivity index (χ1) is 16.8. The lowest BCUT2D eigenvalue weighted by Crippen LogP contribution is -2.20. The molecule has 1 N–H and O–H groups in total. The number of halogens is 4.